The van der Waals surface area contributed by atoms with E-state index < -0.39 is 0 Å². The van der Waals surface area contributed by atoms with Gasteiger partial charge < -0.3 is 9.88 Å². The maximum atomic E-state index is 4.39. The van der Waals surface area contributed by atoms with E-state index in [0.29, 0.717) is 12.1 Å². The summed E-state index contributed by atoms with van der Waals surface area (Å²) >= 11 is 0. The zero-order valence-corrected chi connectivity index (χ0v) is 12.0. The van der Waals surface area contributed by atoms with E-state index in [1.165, 1.54) is 32.1 Å². The van der Waals surface area contributed by atoms with Crippen LogP contribution in [0, 0.1) is 12.8 Å². The van der Waals surface area contributed by atoms with E-state index in [-0.39, 0.29) is 0 Å². The summed E-state index contributed by atoms with van der Waals surface area (Å²) < 4.78 is 2.38. The minimum Gasteiger partial charge on any atom is -0.331 e. The third kappa shape index (κ3) is 2.94. The van der Waals surface area contributed by atoms with Crippen LogP contribution in [0.15, 0.2) is 12.4 Å². The monoisotopic (exact) mass is 249 g/mol. The molecule has 0 amide bonds. The Hall–Kier alpha value is -0.830. The Morgan fingerprint density at radius 3 is 2.83 bits per heavy atom. The fourth-order valence-corrected chi connectivity index (χ4v) is 3.22. The van der Waals surface area contributed by atoms with E-state index >= 15 is 0 Å². The Kier molecular flexibility index (Phi) is 4.81. The molecule has 0 aromatic carbocycles. The first kappa shape index (κ1) is 13.6. The van der Waals surface area contributed by atoms with Crippen molar-refractivity contribution in [2.24, 2.45) is 5.92 Å². The Labute approximate surface area is 111 Å². The predicted molar refractivity (Wildman–Crippen MR) is 75.7 cm³/mol. The second-order valence-corrected chi connectivity index (χ2v) is 5.60. The second-order valence-electron chi connectivity index (χ2n) is 5.60. The van der Waals surface area contributed by atoms with Crippen LogP contribution in [-0.2, 0) is 0 Å². The van der Waals surface area contributed by atoms with E-state index in [1.807, 2.05) is 6.20 Å². The van der Waals surface area contributed by atoms with Gasteiger partial charge in [0.1, 0.15) is 5.82 Å². The summed E-state index contributed by atoms with van der Waals surface area (Å²) in [5.41, 5.74) is 0. The Balaban J connectivity index is 2.11. The Morgan fingerprint density at radius 2 is 2.22 bits per heavy atom. The van der Waals surface area contributed by atoms with Gasteiger partial charge in [0.05, 0.1) is 6.04 Å². The molecule has 1 fully saturated rings. The minimum absolute atomic E-state index is 0.595. The predicted octanol–water partition coefficient (Wildman–Crippen LogP) is 3.31. The molecule has 3 nitrogen and oxygen atoms in total. The van der Waals surface area contributed by atoms with Gasteiger partial charge in [0.25, 0.3) is 0 Å². The van der Waals surface area contributed by atoms with E-state index in [9.17, 15) is 0 Å². The first-order chi connectivity index (χ1) is 8.76. The topological polar surface area (TPSA) is 29.9 Å². The van der Waals surface area contributed by atoms with Crippen molar-refractivity contribution in [3.63, 3.8) is 0 Å². The van der Waals surface area contributed by atoms with Gasteiger partial charge in [-0.1, -0.05) is 20.3 Å². The summed E-state index contributed by atoms with van der Waals surface area (Å²) in [5, 5.41) is 3.73. The fraction of sp³-hybridized carbons (Fsp3) is 0.800. The fourth-order valence-electron chi connectivity index (χ4n) is 3.22. The number of hydrogen-bond donors (Lipinski definition) is 1. The Morgan fingerprint density at radius 1 is 1.39 bits per heavy atom. The van der Waals surface area contributed by atoms with Gasteiger partial charge in [-0.05, 0) is 45.1 Å². The van der Waals surface area contributed by atoms with Crippen LogP contribution < -0.4 is 5.32 Å². The molecule has 3 unspecified atom stereocenters. The number of nitrogens with zero attached hydrogens (tertiary/aromatic N) is 2. The summed E-state index contributed by atoms with van der Waals surface area (Å²) in [5.74, 6) is 2.04. The molecule has 1 aliphatic rings. The molecule has 102 valence electrons. The lowest BCUT2D eigenvalue weighted by Gasteiger charge is -2.37. The van der Waals surface area contributed by atoms with Crippen LogP contribution in [0.25, 0.3) is 0 Å². The van der Waals surface area contributed by atoms with Gasteiger partial charge in [0.15, 0.2) is 0 Å². The summed E-state index contributed by atoms with van der Waals surface area (Å²) in [4.78, 5) is 4.39. The van der Waals surface area contributed by atoms with Gasteiger partial charge in [-0.15, -0.1) is 0 Å². The van der Waals surface area contributed by atoms with Gasteiger partial charge in [0, 0.05) is 18.4 Å². The van der Waals surface area contributed by atoms with Crippen molar-refractivity contribution in [2.75, 3.05) is 6.54 Å². The van der Waals surface area contributed by atoms with Crippen molar-refractivity contribution in [2.45, 2.75) is 65.0 Å². The number of aryl methyl sites for hydroxylation is 1. The zero-order valence-electron chi connectivity index (χ0n) is 12.0. The van der Waals surface area contributed by atoms with Crippen molar-refractivity contribution in [3.05, 3.63) is 18.2 Å². The highest BCUT2D eigenvalue weighted by atomic mass is 15.1. The van der Waals surface area contributed by atoms with Crippen molar-refractivity contribution in [1.29, 1.82) is 0 Å². The zero-order chi connectivity index (χ0) is 13.0. The quantitative estimate of drug-likeness (QED) is 0.867. The summed E-state index contributed by atoms with van der Waals surface area (Å²) in [6.07, 6.45) is 10.6. The highest BCUT2D eigenvalue weighted by Gasteiger charge is 2.30. The normalized spacial score (nSPS) is 28.5. The smallest absolute Gasteiger partial charge is 0.105 e. The maximum absolute atomic E-state index is 4.39. The van der Waals surface area contributed by atoms with E-state index in [2.05, 4.69) is 41.8 Å². The van der Waals surface area contributed by atoms with E-state index in [1.54, 1.807) is 0 Å². The second kappa shape index (κ2) is 6.37. The SMILES string of the molecule is CCCNC1CCC(CC)CC1n1ccnc1C. The lowest BCUT2D eigenvalue weighted by Crippen LogP contribution is -2.42. The lowest BCUT2D eigenvalue weighted by molar-refractivity contribution is 0.200. The Bertz CT molecular complexity index is 358. The summed E-state index contributed by atoms with van der Waals surface area (Å²) in [6.45, 7) is 7.81. The van der Waals surface area contributed by atoms with Crippen LogP contribution in [0.4, 0.5) is 0 Å². The summed E-state index contributed by atoms with van der Waals surface area (Å²) in [6, 6.07) is 1.22. The van der Waals surface area contributed by atoms with Crippen LogP contribution >= 0.6 is 0 Å². The first-order valence-electron chi connectivity index (χ1n) is 7.49. The van der Waals surface area contributed by atoms with Crippen molar-refractivity contribution in [1.82, 2.24) is 14.9 Å². The summed E-state index contributed by atoms with van der Waals surface area (Å²) in [7, 11) is 0. The van der Waals surface area contributed by atoms with Crippen molar-refractivity contribution in [3.8, 4) is 0 Å². The van der Waals surface area contributed by atoms with Crippen LogP contribution in [0.3, 0.4) is 0 Å². The third-order valence-electron chi connectivity index (χ3n) is 4.38. The van der Waals surface area contributed by atoms with E-state index in [0.717, 1.165) is 18.3 Å². The van der Waals surface area contributed by atoms with Crippen LogP contribution in [0.1, 0.15) is 57.8 Å². The standard InChI is InChI=1S/C15H27N3/c1-4-8-17-14-7-6-13(5-2)11-15(14)18-10-9-16-12(18)3/h9-10,13-15,17H,4-8,11H2,1-3H3. The molecular formula is C15H27N3. The molecule has 0 saturated heterocycles. The first-order valence-corrected chi connectivity index (χ1v) is 7.49. The number of aromatic nitrogens is 2. The molecule has 1 saturated carbocycles. The van der Waals surface area contributed by atoms with Crippen LogP contribution in [0.5, 0.6) is 0 Å². The minimum atomic E-state index is 0.595. The molecule has 2 rings (SSSR count). The molecule has 1 heterocycles. The average Bonchev–Trinajstić information content (AvgIpc) is 2.82. The van der Waals surface area contributed by atoms with Gasteiger partial charge >= 0.3 is 0 Å². The van der Waals surface area contributed by atoms with Gasteiger partial charge in [-0.2, -0.15) is 0 Å². The van der Waals surface area contributed by atoms with Gasteiger partial charge in [0.2, 0.25) is 0 Å². The molecule has 3 atom stereocenters. The van der Waals surface area contributed by atoms with Crippen molar-refractivity contribution >= 4 is 0 Å². The largest absolute Gasteiger partial charge is 0.331 e. The molecule has 0 aliphatic heterocycles. The number of rotatable bonds is 5. The van der Waals surface area contributed by atoms with E-state index in [4.69, 9.17) is 0 Å². The molecule has 0 radical (unpaired) electrons. The molecule has 18 heavy (non-hydrogen) atoms. The molecule has 1 aliphatic carbocycles. The average molecular weight is 249 g/mol. The maximum Gasteiger partial charge on any atom is 0.105 e. The molecule has 0 bridgehead atoms. The van der Waals surface area contributed by atoms with Gasteiger partial charge in [-0.25, -0.2) is 4.98 Å². The number of nitrogens with one attached hydrogen (secondary N) is 1. The lowest BCUT2D eigenvalue weighted by atomic mass is 9.80. The third-order valence-corrected chi connectivity index (χ3v) is 4.38. The number of imidazole rings is 1. The molecule has 1 aromatic heterocycles. The molecule has 1 N–H and O–H groups in total. The van der Waals surface area contributed by atoms with Gasteiger partial charge in [-0.3, -0.25) is 0 Å². The molecule has 1 aromatic rings. The van der Waals surface area contributed by atoms with Crippen molar-refractivity contribution < 1.29 is 0 Å². The molecule has 3 heteroatoms. The molecule has 0 spiro atoms. The van der Waals surface area contributed by atoms with Crippen LogP contribution in [-0.4, -0.2) is 22.1 Å². The van der Waals surface area contributed by atoms with Crippen LogP contribution in [0.2, 0.25) is 0 Å². The highest BCUT2D eigenvalue weighted by Crippen LogP contribution is 2.35. The number of hydrogen-bond acceptors (Lipinski definition) is 2. The molecular weight excluding hydrogens is 222 g/mol. The highest BCUT2D eigenvalue weighted by molar-refractivity contribution is 4.98.